The standard InChI is InChI=1S/C18H20N2O4/c1-11(16-13(3)19-10-12(2)20-16)7-8-24-18(23)15-6-4-5-14(9-15)17(21)22/h4-6,9-11H,7-8H2,1-3H3,(H,21,22). The number of ether oxygens (including phenoxy) is 1. The highest BCUT2D eigenvalue weighted by Gasteiger charge is 2.14. The van der Waals surface area contributed by atoms with Gasteiger partial charge >= 0.3 is 11.9 Å². The molecule has 1 N–H and O–H groups in total. The Hall–Kier alpha value is -2.76. The van der Waals surface area contributed by atoms with Crippen molar-refractivity contribution in [2.75, 3.05) is 6.61 Å². The average Bonchev–Trinajstić information content (AvgIpc) is 2.56. The Balaban J connectivity index is 1.94. The third-order valence-corrected chi connectivity index (χ3v) is 3.71. The van der Waals surface area contributed by atoms with E-state index < -0.39 is 11.9 Å². The number of aryl methyl sites for hydroxylation is 2. The minimum atomic E-state index is -1.08. The SMILES string of the molecule is Cc1cnc(C)c(C(C)CCOC(=O)c2cccc(C(=O)O)c2)n1. The zero-order valence-electron chi connectivity index (χ0n) is 13.9. The number of hydrogen-bond donors (Lipinski definition) is 1. The van der Waals surface area contributed by atoms with Gasteiger partial charge in [-0.2, -0.15) is 0 Å². The highest BCUT2D eigenvalue weighted by Crippen LogP contribution is 2.19. The summed E-state index contributed by atoms with van der Waals surface area (Å²) < 4.78 is 5.25. The number of carboxylic acids is 1. The van der Waals surface area contributed by atoms with E-state index in [9.17, 15) is 9.59 Å². The summed E-state index contributed by atoms with van der Waals surface area (Å²) >= 11 is 0. The highest BCUT2D eigenvalue weighted by atomic mass is 16.5. The van der Waals surface area contributed by atoms with E-state index in [4.69, 9.17) is 9.84 Å². The molecule has 6 heteroatoms. The monoisotopic (exact) mass is 328 g/mol. The number of carbonyl (C=O) groups excluding carboxylic acids is 1. The molecule has 1 aromatic heterocycles. The number of benzene rings is 1. The van der Waals surface area contributed by atoms with E-state index in [2.05, 4.69) is 9.97 Å². The van der Waals surface area contributed by atoms with Gasteiger partial charge in [-0.3, -0.25) is 9.97 Å². The van der Waals surface area contributed by atoms with Crippen molar-refractivity contribution < 1.29 is 19.4 Å². The second-order valence-electron chi connectivity index (χ2n) is 5.69. The molecule has 1 heterocycles. The minimum Gasteiger partial charge on any atom is -0.478 e. The first-order chi connectivity index (χ1) is 11.4. The molecule has 2 aromatic rings. The molecule has 0 aliphatic carbocycles. The Kier molecular flexibility index (Phi) is 5.63. The minimum absolute atomic E-state index is 0.0588. The molecule has 0 radical (unpaired) electrons. The molecule has 2 rings (SSSR count). The first-order valence-corrected chi connectivity index (χ1v) is 7.69. The fraction of sp³-hybridized carbons (Fsp3) is 0.333. The summed E-state index contributed by atoms with van der Waals surface area (Å²) in [5, 5.41) is 8.95. The van der Waals surface area contributed by atoms with E-state index >= 15 is 0 Å². The Morgan fingerprint density at radius 3 is 2.67 bits per heavy atom. The third kappa shape index (κ3) is 4.38. The lowest BCUT2D eigenvalue weighted by Crippen LogP contribution is -2.11. The molecule has 1 atom stereocenters. The van der Waals surface area contributed by atoms with Crippen LogP contribution in [-0.4, -0.2) is 33.6 Å². The topological polar surface area (TPSA) is 89.4 Å². The maximum absolute atomic E-state index is 12.0. The lowest BCUT2D eigenvalue weighted by atomic mass is 10.0. The number of esters is 1. The van der Waals surface area contributed by atoms with E-state index in [-0.39, 0.29) is 23.7 Å². The second kappa shape index (κ2) is 7.68. The van der Waals surface area contributed by atoms with E-state index in [1.165, 1.54) is 24.3 Å². The molecular formula is C18H20N2O4. The van der Waals surface area contributed by atoms with E-state index in [0.29, 0.717) is 6.42 Å². The molecule has 0 amide bonds. The second-order valence-corrected chi connectivity index (χ2v) is 5.69. The highest BCUT2D eigenvalue weighted by molar-refractivity contribution is 5.94. The largest absolute Gasteiger partial charge is 0.478 e. The Morgan fingerprint density at radius 1 is 1.25 bits per heavy atom. The third-order valence-electron chi connectivity index (χ3n) is 3.71. The molecule has 0 aliphatic heterocycles. The lowest BCUT2D eigenvalue weighted by Gasteiger charge is -2.13. The normalized spacial score (nSPS) is 11.8. The van der Waals surface area contributed by atoms with Crippen LogP contribution in [0.4, 0.5) is 0 Å². The van der Waals surface area contributed by atoms with Gasteiger partial charge < -0.3 is 9.84 Å². The summed E-state index contributed by atoms with van der Waals surface area (Å²) in [6.45, 7) is 6.03. The van der Waals surface area contributed by atoms with Gasteiger partial charge in [0.2, 0.25) is 0 Å². The first-order valence-electron chi connectivity index (χ1n) is 7.69. The number of aromatic nitrogens is 2. The maximum Gasteiger partial charge on any atom is 0.338 e. The summed E-state index contributed by atoms with van der Waals surface area (Å²) in [6.07, 6.45) is 2.34. The van der Waals surface area contributed by atoms with Crippen molar-refractivity contribution in [1.82, 2.24) is 9.97 Å². The molecule has 0 saturated heterocycles. The van der Waals surface area contributed by atoms with Crippen LogP contribution in [0.5, 0.6) is 0 Å². The quantitative estimate of drug-likeness (QED) is 0.819. The molecule has 0 bridgehead atoms. The van der Waals surface area contributed by atoms with Gasteiger partial charge in [-0.25, -0.2) is 9.59 Å². The van der Waals surface area contributed by atoms with Gasteiger partial charge in [-0.05, 0) is 38.5 Å². The summed E-state index contributed by atoms with van der Waals surface area (Å²) in [4.78, 5) is 31.7. The Bertz CT molecular complexity index is 758. The smallest absolute Gasteiger partial charge is 0.338 e. The molecule has 24 heavy (non-hydrogen) atoms. The fourth-order valence-electron chi connectivity index (χ4n) is 2.35. The number of carbonyl (C=O) groups is 2. The van der Waals surface area contributed by atoms with Crippen LogP contribution in [0.2, 0.25) is 0 Å². The number of aromatic carboxylic acids is 1. The summed E-state index contributed by atoms with van der Waals surface area (Å²) in [7, 11) is 0. The molecule has 6 nitrogen and oxygen atoms in total. The van der Waals surface area contributed by atoms with Crippen LogP contribution in [0.3, 0.4) is 0 Å². The Morgan fingerprint density at radius 2 is 1.96 bits per heavy atom. The molecular weight excluding hydrogens is 308 g/mol. The van der Waals surface area contributed by atoms with E-state index in [0.717, 1.165) is 17.1 Å². The molecule has 0 saturated carbocycles. The molecule has 1 aromatic carbocycles. The van der Waals surface area contributed by atoms with Crippen molar-refractivity contribution in [2.45, 2.75) is 33.1 Å². The zero-order valence-corrected chi connectivity index (χ0v) is 13.9. The summed E-state index contributed by atoms with van der Waals surface area (Å²) in [5.41, 5.74) is 2.91. The number of carboxylic acid groups (broad SMARTS) is 1. The fourth-order valence-corrected chi connectivity index (χ4v) is 2.35. The predicted octanol–water partition coefficient (Wildman–Crippen LogP) is 3.14. The van der Waals surface area contributed by atoms with Crippen molar-refractivity contribution in [3.8, 4) is 0 Å². The summed E-state index contributed by atoms with van der Waals surface area (Å²) in [5.74, 6) is -1.50. The molecule has 0 fully saturated rings. The van der Waals surface area contributed by atoms with Crippen molar-refractivity contribution >= 4 is 11.9 Å². The Labute approximate surface area is 140 Å². The molecule has 0 aliphatic rings. The number of rotatable bonds is 6. The van der Waals surface area contributed by atoms with Crippen LogP contribution in [0, 0.1) is 13.8 Å². The van der Waals surface area contributed by atoms with Gasteiger partial charge in [-0.15, -0.1) is 0 Å². The van der Waals surface area contributed by atoms with Crippen LogP contribution in [0.1, 0.15) is 57.1 Å². The number of hydrogen-bond acceptors (Lipinski definition) is 5. The van der Waals surface area contributed by atoms with Crippen molar-refractivity contribution in [3.05, 3.63) is 58.7 Å². The van der Waals surface area contributed by atoms with Gasteiger partial charge in [0, 0.05) is 12.1 Å². The first kappa shape index (κ1) is 17.6. The summed E-state index contributed by atoms with van der Waals surface area (Å²) in [6, 6.07) is 5.80. The van der Waals surface area contributed by atoms with E-state index in [1.807, 2.05) is 20.8 Å². The van der Waals surface area contributed by atoms with Gasteiger partial charge in [-0.1, -0.05) is 13.0 Å². The van der Waals surface area contributed by atoms with Crippen LogP contribution in [-0.2, 0) is 4.74 Å². The molecule has 126 valence electrons. The van der Waals surface area contributed by atoms with E-state index in [1.54, 1.807) is 6.20 Å². The van der Waals surface area contributed by atoms with Gasteiger partial charge in [0.25, 0.3) is 0 Å². The van der Waals surface area contributed by atoms with Crippen LogP contribution in [0.25, 0.3) is 0 Å². The van der Waals surface area contributed by atoms with Crippen LogP contribution >= 0.6 is 0 Å². The zero-order chi connectivity index (χ0) is 17.7. The van der Waals surface area contributed by atoms with Gasteiger partial charge in [0.1, 0.15) is 0 Å². The average molecular weight is 328 g/mol. The molecule has 1 unspecified atom stereocenters. The van der Waals surface area contributed by atoms with Gasteiger partial charge in [0.05, 0.1) is 34.8 Å². The predicted molar refractivity (Wildman–Crippen MR) is 88.2 cm³/mol. The van der Waals surface area contributed by atoms with Crippen molar-refractivity contribution in [2.24, 2.45) is 0 Å². The van der Waals surface area contributed by atoms with Crippen LogP contribution in [0.15, 0.2) is 30.5 Å². The lowest BCUT2D eigenvalue weighted by molar-refractivity contribution is 0.0494. The maximum atomic E-state index is 12.0. The molecule has 0 spiro atoms. The van der Waals surface area contributed by atoms with Crippen LogP contribution < -0.4 is 0 Å². The van der Waals surface area contributed by atoms with Crippen molar-refractivity contribution in [1.29, 1.82) is 0 Å². The van der Waals surface area contributed by atoms with Crippen molar-refractivity contribution in [3.63, 3.8) is 0 Å². The number of nitrogens with zero attached hydrogens (tertiary/aromatic N) is 2. The van der Waals surface area contributed by atoms with Gasteiger partial charge in [0.15, 0.2) is 0 Å².